The molecule has 7 nitrogen and oxygen atoms in total. The Morgan fingerprint density at radius 1 is 1.00 bits per heavy atom. The molecule has 142 valence electrons. The average molecular weight is 378 g/mol. The van der Waals surface area contributed by atoms with E-state index in [9.17, 15) is 9.59 Å². The molecule has 1 unspecified atom stereocenters. The number of methoxy groups -OCH3 is 1. The van der Waals surface area contributed by atoms with Gasteiger partial charge in [0.05, 0.1) is 7.11 Å². The zero-order valence-electron chi connectivity index (χ0n) is 15.3. The molecule has 28 heavy (non-hydrogen) atoms. The van der Waals surface area contributed by atoms with Crippen molar-refractivity contribution < 1.29 is 23.5 Å². The highest BCUT2D eigenvalue weighted by molar-refractivity contribution is 5.94. The molecule has 0 N–H and O–H groups in total. The van der Waals surface area contributed by atoms with Gasteiger partial charge in [-0.25, -0.2) is 4.79 Å². The van der Waals surface area contributed by atoms with Gasteiger partial charge in [-0.2, -0.15) is 0 Å². The number of ether oxygens (including phenoxy) is 2. The van der Waals surface area contributed by atoms with Gasteiger partial charge in [0.25, 0.3) is 5.89 Å². The van der Waals surface area contributed by atoms with E-state index in [0.717, 1.165) is 23.5 Å². The number of para-hydroxylation sites is 1. The van der Waals surface area contributed by atoms with Crippen molar-refractivity contribution in [3.05, 3.63) is 71.4 Å². The number of hydrogen-bond donors (Lipinski definition) is 0. The number of aryl methyl sites for hydroxylation is 1. The first-order valence-electron chi connectivity index (χ1n) is 8.95. The van der Waals surface area contributed by atoms with Gasteiger partial charge in [-0.1, -0.05) is 24.3 Å². The second-order valence-corrected chi connectivity index (χ2v) is 6.55. The number of aromatic nitrogens is 2. The third-order valence-electron chi connectivity index (χ3n) is 4.75. The number of hydrogen-bond acceptors (Lipinski definition) is 7. The summed E-state index contributed by atoms with van der Waals surface area (Å²) < 4.78 is 15.6. The third kappa shape index (κ3) is 3.64. The molecule has 0 amide bonds. The van der Waals surface area contributed by atoms with Crippen LogP contribution in [0.4, 0.5) is 0 Å². The summed E-state index contributed by atoms with van der Waals surface area (Å²) in [6.45, 7) is 0. The van der Waals surface area contributed by atoms with E-state index in [1.807, 2.05) is 48.5 Å². The highest BCUT2D eigenvalue weighted by Crippen LogP contribution is 2.32. The first-order chi connectivity index (χ1) is 13.6. The van der Waals surface area contributed by atoms with Gasteiger partial charge in [-0.3, -0.25) is 4.79 Å². The molecule has 0 radical (unpaired) electrons. The Bertz CT molecular complexity index is 1010. The van der Waals surface area contributed by atoms with Crippen LogP contribution in [0.2, 0.25) is 0 Å². The number of rotatable bonds is 5. The lowest BCUT2D eigenvalue weighted by molar-refractivity contribution is 0.0553. The van der Waals surface area contributed by atoms with Gasteiger partial charge in [-0.15, -0.1) is 10.2 Å². The van der Waals surface area contributed by atoms with Gasteiger partial charge in [0.1, 0.15) is 11.5 Å². The van der Waals surface area contributed by atoms with Crippen LogP contribution in [-0.2, 0) is 17.6 Å². The summed E-state index contributed by atoms with van der Waals surface area (Å²) in [6.07, 6.45) is 1.99. The van der Waals surface area contributed by atoms with Crippen LogP contribution in [0, 0.1) is 5.92 Å². The molecule has 1 atom stereocenters. The van der Waals surface area contributed by atoms with E-state index in [1.165, 1.54) is 12.7 Å². The van der Waals surface area contributed by atoms with E-state index in [1.54, 1.807) is 0 Å². The van der Waals surface area contributed by atoms with Crippen LogP contribution >= 0.6 is 0 Å². The summed E-state index contributed by atoms with van der Waals surface area (Å²) in [4.78, 5) is 24.1. The van der Waals surface area contributed by atoms with Crippen LogP contribution in [0.1, 0.15) is 38.9 Å². The maximum Gasteiger partial charge on any atom is 0.396 e. The van der Waals surface area contributed by atoms with Gasteiger partial charge < -0.3 is 13.9 Å². The molecular weight excluding hydrogens is 360 g/mol. The SMILES string of the molecule is COC(=O)c1nnc(C(=O)C2CCc3cc(Oc4ccccc4)ccc3C2)o1. The molecule has 0 saturated carbocycles. The molecule has 0 aliphatic heterocycles. The number of carbonyl (C=O) groups is 2. The molecule has 3 aromatic rings. The number of nitrogens with zero attached hydrogens (tertiary/aromatic N) is 2. The molecule has 7 heteroatoms. The molecule has 1 heterocycles. The molecule has 4 rings (SSSR count). The molecule has 0 fully saturated rings. The van der Waals surface area contributed by atoms with Crippen molar-refractivity contribution in [1.29, 1.82) is 0 Å². The fraction of sp³-hybridized carbons (Fsp3) is 0.238. The van der Waals surface area contributed by atoms with E-state index in [4.69, 9.17) is 9.15 Å². The number of benzene rings is 2. The molecule has 1 aliphatic carbocycles. The molecule has 2 aromatic carbocycles. The Morgan fingerprint density at radius 2 is 1.79 bits per heavy atom. The largest absolute Gasteiger partial charge is 0.462 e. The van der Waals surface area contributed by atoms with E-state index in [-0.39, 0.29) is 23.5 Å². The molecule has 1 aliphatic rings. The molecule has 0 spiro atoms. The second kappa shape index (κ2) is 7.64. The quantitative estimate of drug-likeness (QED) is 0.494. The standard InChI is InChI=1S/C21H18N2O5/c1-26-21(25)20-23-22-19(28-20)18(24)15-8-7-14-12-17(10-9-13(14)11-15)27-16-5-3-2-4-6-16/h2-6,9-10,12,15H,7-8,11H2,1H3. The van der Waals surface area contributed by atoms with E-state index < -0.39 is 5.97 Å². The lowest BCUT2D eigenvalue weighted by Gasteiger charge is -2.23. The minimum absolute atomic E-state index is 0.155. The lowest BCUT2D eigenvalue weighted by atomic mass is 9.81. The Balaban J connectivity index is 1.46. The van der Waals surface area contributed by atoms with Gasteiger partial charge in [0, 0.05) is 5.92 Å². The maximum atomic E-state index is 12.7. The molecule has 0 saturated heterocycles. The van der Waals surface area contributed by atoms with Gasteiger partial charge in [-0.05, 0) is 54.7 Å². The van der Waals surface area contributed by atoms with E-state index >= 15 is 0 Å². The average Bonchev–Trinajstić information content (AvgIpc) is 3.23. The first kappa shape index (κ1) is 17.9. The third-order valence-corrected chi connectivity index (χ3v) is 4.75. The predicted molar refractivity (Wildman–Crippen MR) is 98.4 cm³/mol. The highest BCUT2D eigenvalue weighted by atomic mass is 16.5. The van der Waals surface area contributed by atoms with Crippen LogP contribution in [0.3, 0.4) is 0 Å². The van der Waals surface area contributed by atoms with Crippen molar-refractivity contribution in [2.75, 3.05) is 7.11 Å². The lowest BCUT2D eigenvalue weighted by Crippen LogP contribution is -2.23. The number of esters is 1. The summed E-state index contributed by atoms with van der Waals surface area (Å²) >= 11 is 0. The van der Waals surface area contributed by atoms with Crippen molar-refractivity contribution >= 4 is 11.8 Å². The topological polar surface area (TPSA) is 91.5 Å². The summed E-state index contributed by atoms with van der Waals surface area (Å²) in [6, 6.07) is 15.5. The highest BCUT2D eigenvalue weighted by Gasteiger charge is 2.30. The van der Waals surface area contributed by atoms with Crippen molar-refractivity contribution in [3.8, 4) is 11.5 Å². The Morgan fingerprint density at radius 3 is 2.57 bits per heavy atom. The number of ketones is 1. The van der Waals surface area contributed by atoms with Crippen LogP contribution in [0.25, 0.3) is 0 Å². The summed E-state index contributed by atoms with van der Waals surface area (Å²) in [5.74, 6) is -0.190. The van der Waals surface area contributed by atoms with Crippen LogP contribution in [0.15, 0.2) is 52.9 Å². The van der Waals surface area contributed by atoms with Crippen molar-refractivity contribution in [3.63, 3.8) is 0 Å². The number of fused-ring (bicyclic) bond motifs is 1. The Hall–Kier alpha value is -3.48. The normalized spacial score (nSPS) is 15.5. The summed E-state index contributed by atoms with van der Waals surface area (Å²) in [5.41, 5.74) is 2.26. The first-order valence-corrected chi connectivity index (χ1v) is 8.95. The monoisotopic (exact) mass is 378 g/mol. The zero-order valence-corrected chi connectivity index (χ0v) is 15.3. The van der Waals surface area contributed by atoms with E-state index in [2.05, 4.69) is 14.9 Å². The van der Waals surface area contributed by atoms with Gasteiger partial charge in [0.15, 0.2) is 0 Å². The second-order valence-electron chi connectivity index (χ2n) is 6.55. The zero-order chi connectivity index (χ0) is 19.5. The number of Topliss-reactive ketones (excluding diaryl/α,β-unsaturated/α-hetero) is 1. The van der Waals surface area contributed by atoms with Gasteiger partial charge >= 0.3 is 11.9 Å². The van der Waals surface area contributed by atoms with E-state index in [0.29, 0.717) is 12.8 Å². The van der Waals surface area contributed by atoms with Crippen molar-refractivity contribution in [2.24, 2.45) is 5.92 Å². The predicted octanol–water partition coefficient (Wildman–Crippen LogP) is 3.64. The minimum Gasteiger partial charge on any atom is -0.462 e. The van der Waals surface area contributed by atoms with Crippen LogP contribution in [0.5, 0.6) is 11.5 Å². The molecule has 0 bridgehead atoms. The molecule has 1 aromatic heterocycles. The summed E-state index contributed by atoms with van der Waals surface area (Å²) in [7, 11) is 1.21. The summed E-state index contributed by atoms with van der Waals surface area (Å²) in [5, 5.41) is 7.26. The number of carbonyl (C=O) groups excluding carboxylic acids is 2. The van der Waals surface area contributed by atoms with Crippen molar-refractivity contribution in [2.45, 2.75) is 19.3 Å². The van der Waals surface area contributed by atoms with Crippen molar-refractivity contribution in [1.82, 2.24) is 10.2 Å². The van der Waals surface area contributed by atoms with Crippen LogP contribution < -0.4 is 4.74 Å². The fourth-order valence-electron chi connectivity index (χ4n) is 3.31. The smallest absolute Gasteiger partial charge is 0.396 e. The maximum absolute atomic E-state index is 12.7. The minimum atomic E-state index is -0.758. The fourth-order valence-corrected chi connectivity index (χ4v) is 3.31. The van der Waals surface area contributed by atoms with Gasteiger partial charge in [0.2, 0.25) is 5.78 Å². The molecular formula is C21H18N2O5. The Kier molecular flexibility index (Phi) is 4.89. The Labute approximate surface area is 161 Å². The van der Waals surface area contributed by atoms with Crippen LogP contribution in [-0.4, -0.2) is 29.1 Å².